The molecule has 0 aromatic carbocycles. The van der Waals surface area contributed by atoms with E-state index in [2.05, 4.69) is 34.8 Å². The van der Waals surface area contributed by atoms with E-state index in [1.54, 1.807) is 0 Å². The summed E-state index contributed by atoms with van der Waals surface area (Å²) in [6.07, 6.45) is 8.82. The largest absolute Gasteiger partial charge is 0.394 e. The summed E-state index contributed by atoms with van der Waals surface area (Å²) >= 11 is 0. The summed E-state index contributed by atoms with van der Waals surface area (Å²) in [6, 6.07) is 0. The molecule has 0 aliphatic carbocycles. The van der Waals surface area contributed by atoms with Crippen LogP contribution in [-0.4, -0.2) is 145 Å². The van der Waals surface area contributed by atoms with Gasteiger partial charge in [-0.1, -0.05) is 13.3 Å². The minimum Gasteiger partial charge on any atom is -0.264 e. The lowest BCUT2D eigenvalue weighted by molar-refractivity contribution is -0.671. The molecule has 42 heteroatoms. The number of hydrogen-bond acceptors (Lipinski definition) is 16. The highest BCUT2D eigenvalue weighted by atomic mass is 32.3. The Morgan fingerprint density at radius 1 is 0.420 bits per heavy atom. The van der Waals surface area contributed by atoms with E-state index in [0.29, 0.717) is 0 Å². The molecule has 1 aromatic rings. The third-order valence-corrected chi connectivity index (χ3v) is 1.59. The first kappa shape index (κ1) is 66.4. The predicted molar refractivity (Wildman–Crippen MR) is 154 cm³/mol. The number of rotatable bonds is 3. The second-order valence-corrected chi connectivity index (χ2v) is 13.4. The van der Waals surface area contributed by atoms with Crippen molar-refractivity contribution in [1.82, 2.24) is 4.57 Å². The monoisotopic (exact) mass is 923 g/mol. The van der Waals surface area contributed by atoms with Gasteiger partial charge in [0.25, 0.3) is 0 Å². The Morgan fingerprint density at radius 2 is 0.580 bits per heavy atom. The summed E-state index contributed by atoms with van der Waals surface area (Å²) in [7, 11) is -35.3. The molecule has 312 valence electrons. The number of nitrogens with zero attached hydrogens (tertiary/aromatic N) is 2. The van der Waals surface area contributed by atoms with Gasteiger partial charge < -0.3 is 0 Å². The Hall–Kier alpha value is -1.83. The summed E-state index contributed by atoms with van der Waals surface area (Å²) in [4.78, 5) is 0. The van der Waals surface area contributed by atoms with Crippen LogP contribution in [0.25, 0.3) is 0 Å². The number of aromatic nitrogens is 2. The van der Waals surface area contributed by atoms with Crippen LogP contribution in [0, 0.1) is 0 Å². The van der Waals surface area contributed by atoms with Gasteiger partial charge in [0.15, 0.2) is 0 Å². The van der Waals surface area contributed by atoms with Gasteiger partial charge in [-0.3, -0.25) is 72.8 Å². The van der Waals surface area contributed by atoms with Gasteiger partial charge in [-0.25, -0.2) is 9.13 Å². The lowest BCUT2D eigenvalue weighted by atomic mass is 10.3. The maximum Gasteiger partial charge on any atom is 0.394 e. The average molecular weight is 924 g/mol. The summed E-state index contributed by atoms with van der Waals surface area (Å²) in [5.74, 6) is 0. The molecule has 0 bridgehead atoms. The smallest absolute Gasteiger partial charge is 0.264 e. The Bertz CT molecular complexity index is 1460. The SMILES string of the molecule is CCCCn1cc[n+](C)c1.O=S(=O)(O)O.O=S(=O)(O)O.O=S(=O)(O)O.O=S(=O)(O)O.O=S(=O)(O)O.O=S(=O)(O)O.O=S(=O)(O)O.O=S(=O)(O)O. The first-order chi connectivity index (χ1) is 20.8. The maximum absolute atomic E-state index is 8.74. The molecule has 1 aromatic heterocycles. The van der Waals surface area contributed by atoms with Crippen molar-refractivity contribution in [2.75, 3.05) is 0 Å². The summed E-state index contributed by atoms with van der Waals surface area (Å²) in [6.45, 7) is 3.36. The van der Waals surface area contributed by atoms with Gasteiger partial charge in [0, 0.05) is 0 Å². The normalized spacial score (nSPS) is 11.3. The average Bonchev–Trinajstić information content (AvgIpc) is 3.00. The maximum atomic E-state index is 8.74. The number of imidazole rings is 1. The van der Waals surface area contributed by atoms with Crippen LogP contribution in [0.1, 0.15) is 19.8 Å². The fourth-order valence-electron chi connectivity index (χ4n) is 0.975. The van der Waals surface area contributed by atoms with Crippen LogP contribution in [0.4, 0.5) is 0 Å². The number of unbranched alkanes of at least 4 members (excludes halogenated alkanes) is 1. The van der Waals surface area contributed by atoms with Crippen molar-refractivity contribution in [3.8, 4) is 0 Å². The van der Waals surface area contributed by atoms with E-state index in [1.807, 2.05) is 7.05 Å². The molecule has 50 heavy (non-hydrogen) atoms. The van der Waals surface area contributed by atoms with Gasteiger partial charge in [-0.05, 0) is 6.42 Å². The lowest BCUT2D eigenvalue weighted by Crippen LogP contribution is -2.23. The number of hydrogen-bond donors (Lipinski definition) is 16. The molecule has 0 aliphatic rings. The molecular weight excluding hydrogens is 893 g/mol. The van der Waals surface area contributed by atoms with Crippen LogP contribution in [0.15, 0.2) is 18.7 Å². The first-order valence-corrected chi connectivity index (χ1v) is 20.6. The molecule has 0 aliphatic heterocycles. The van der Waals surface area contributed by atoms with Gasteiger partial charge in [0.1, 0.15) is 12.4 Å². The van der Waals surface area contributed by atoms with Crippen molar-refractivity contribution in [2.45, 2.75) is 26.3 Å². The van der Waals surface area contributed by atoms with Gasteiger partial charge in [0.05, 0.1) is 13.6 Å². The molecular formula is C8H31N2O32S8+. The topological polar surface area (TPSA) is 606 Å². The molecule has 16 N–H and O–H groups in total. The molecule has 0 amide bonds. The fraction of sp³-hybridized carbons (Fsp3) is 0.625. The van der Waals surface area contributed by atoms with E-state index in [4.69, 9.17) is 140 Å². The third kappa shape index (κ3) is 755. The second-order valence-electron chi connectivity index (χ2n) is 6.25. The Morgan fingerprint density at radius 3 is 0.680 bits per heavy atom. The zero-order valence-corrected chi connectivity index (χ0v) is 30.2. The van der Waals surface area contributed by atoms with Crippen LogP contribution in [0.5, 0.6) is 0 Å². The summed E-state index contributed by atoms with van der Waals surface area (Å²) in [5, 5.41) is 0. The van der Waals surface area contributed by atoms with Crippen molar-refractivity contribution in [2.24, 2.45) is 7.05 Å². The highest BCUT2D eigenvalue weighted by molar-refractivity contribution is 7.81. The van der Waals surface area contributed by atoms with Gasteiger partial charge >= 0.3 is 83.2 Å². The highest BCUT2D eigenvalue weighted by Gasteiger charge is 1.96. The summed E-state index contributed by atoms with van der Waals surface area (Å²) < 4.78 is 257. The lowest BCUT2D eigenvalue weighted by Gasteiger charge is -1.90. The van der Waals surface area contributed by atoms with Crippen molar-refractivity contribution in [3.05, 3.63) is 18.7 Å². The molecule has 0 saturated heterocycles. The van der Waals surface area contributed by atoms with Crippen molar-refractivity contribution < 1.29 is 145 Å². The highest BCUT2D eigenvalue weighted by Crippen LogP contribution is 1.91. The minimum atomic E-state index is -4.67. The van der Waals surface area contributed by atoms with Gasteiger partial charge in [-0.2, -0.15) is 67.3 Å². The van der Waals surface area contributed by atoms with E-state index in [-0.39, 0.29) is 0 Å². The first-order valence-electron chi connectivity index (χ1n) is 9.42. The van der Waals surface area contributed by atoms with E-state index in [1.165, 1.54) is 12.8 Å². The van der Waals surface area contributed by atoms with E-state index in [9.17, 15) is 0 Å². The molecule has 34 nitrogen and oxygen atoms in total. The van der Waals surface area contributed by atoms with Crippen LogP contribution >= 0.6 is 0 Å². The van der Waals surface area contributed by atoms with E-state index < -0.39 is 83.2 Å². The Balaban J connectivity index is -0.0000000673. The molecule has 1 heterocycles. The van der Waals surface area contributed by atoms with E-state index >= 15 is 0 Å². The second kappa shape index (κ2) is 29.7. The molecule has 0 fully saturated rings. The molecule has 0 radical (unpaired) electrons. The molecule has 1 rings (SSSR count). The predicted octanol–water partition coefficient (Wildman–Crippen LogP) is -4.11. The van der Waals surface area contributed by atoms with Crippen LogP contribution in [0.2, 0.25) is 0 Å². The van der Waals surface area contributed by atoms with Crippen molar-refractivity contribution >= 4 is 83.2 Å². The minimum absolute atomic E-state index is 1.15. The van der Waals surface area contributed by atoms with Crippen LogP contribution in [-0.2, 0) is 96.8 Å². The van der Waals surface area contributed by atoms with Gasteiger partial charge in [-0.15, -0.1) is 0 Å². The molecule has 0 saturated carbocycles. The Kier molecular flexibility index (Phi) is 39.5. The van der Waals surface area contributed by atoms with E-state index in [0.717, 1.165) is 6.54 Å². The zero-order chi connectivity index (χ0) is 43.4. The van der Waals surface area contributed by atoms with Crippen molar-refractivity contribution in [3.63, 3.8) is 0 Å². The number of aryl methyl sites for hydroxylation is 2. The summed E-state index contributed by atoms with van der Waals surface area (Å²) in [5.41, 5.74) is 0. The Labute approximate surface area is 283 Å². The van der Waals surface area contributed by atoms with Crippen LogP contribution in [0.3, 0.4) is 0 Å². The van der Waals surface area contributed by atoms with Crippen molar-refractivity contribution in [1.29, 1.82) is 0 Å². The fourth-order valence-corrected chi connectivity index (χ4v) is 0.975. The third-order valence-electron chi connectivity index (χ3n) is 1.59. The van der Waals surface area contributed by atoms with Crippen LogP contribution < -0.4 is 4.57 Å². The zero-order valence-electron chi connectivity index (χ0n) is 23.7. The molecule has 0 spiro atoms. The quantitative estimate of drug-likeness (QED) is 0.101. The molecule has 0 atom stereocenters. The van der Waals surface area contributed by atoms with Gasteiger partial charge in [0.2, 0.25) is 6.33 Å². The molecule has 0 unspecified atom stereocenters. The standard InChI is InChI=1S/C8H15N2.8H2O4S/c1-3-4-5-10-7-6-9(2)8-10;8*1-5(2,3)4/h6-8H,3-5H2,1-2H3;8*(H2,1,2,3,4)/q+1;;;;;;;;.